The molecular weight excluding hydrogens is 248 g/mol. The minimum absolute atomic E-state index is 0.0159. The number of nitrogens with one attached hydrogen (secondary N) is 1. The second-order valence-corrected chi connectivity index (χ2v) is 4.90. The lowest BCUT2D eigenvalue weighted by molar-refractivity contribution is 0.483. The van der Waals surface area contributed by atoms with Gasteiger partial charge in [-0.05, 0) is 18.2 Å². The molecule has 0 aliphatic heterocycles. The van der Waals surface area contributed by atoms with Gasteiger partial charge in [0.25, 0.3) is 15.7 Å². The minimum Gasteiger partial charge on any atom is -0.307 e. The third kappa shape index (κ3) is 1.87. The van der Waals surface area contributed by atoms with Gasteiger partial charge in [0.2, 0.25) is 0 Å². The highest BCUT2D eigenvalue weighted by molar-refractivity contribution is 7.85. The predicted octanol–water partition coefficient (Wildman–Crippen LogP) is -0.527. The molecule has 2 rings (SSSR count). The second-order valence-electron chi connectivity index (χ2n) is 3.48. The van der Waals surface area contributed by atoms with Crippen LogP contribution in [0, 0.1) is 0 Å². The van der Waals surface area contributed by atoms with Gasteiger partial charge < -0.3 is 4.98 Å². The summed E-state index contributed by atoms with van der Waals surface area (Å²) in [5, 5.41) is 0.0159. The van der Waals surface area contributed by atoms with Crippen molar-refractivity contribution < 1.29 is 13.0 Å². The van der Waals surface area contributed by atoms with Crippen LogP contribution < -0.4 is 11.2 Å². The molecule has 1 aromatic carbocycles. The largest absolute Gasteiger partial charge is 0.328 e. The van der Waals surface area contributed by atoms with E-state index in [0.29, 0.717) is 0 Å². The van der Waals surface area contributed by atoms with E-state index in [-0.39, 0.29) is 10.9 Å². The van der Waals surface area contributed by atoms with E-state index in [9.17, 15) is 18.0 Å². The first kappa shape index (κ1) is 11.6. The van der Waals surface area contributed by atoms with E-state index in [1.54, 1.807) is 0 Å². The van der Waals surface area contributed by atoms with E-state index in [0.717, 1.165) is 16.7 Å². The molecule has 0 aliphatic rings. The monoisotopic (exact) mass is 256 g/mol. The zero-order chi connectivity index (χ0) is 12.8. The summed E-state index contributed by atoms with van der Waals surface area (Å²) >= 11 is 0. The summed E-state index contributed by atoms with van der Waals surface area (Å²) < 4.78 is 31.5. The van der Waals surface area contributed by atoms with Gasteiger partial charge >= 0.3 is 5.69 Å². The average Bonchev–Trinajstić information content (AvgIpc) is 2.24. The number of hydrogen-bond donors (Lipinski definition) is 2. The Morgan fingerprint density at radius 3 is 2.53 bits per heavy atom. The van der Waals surface area contributed by atoms with Crippen LogP contribution in [0.25, 0.3) is 10.9 Å². The highest BCUT2D eigenvalue weighted by Gasteiger charge is 2.12. The molecule has 0 unspecified atom stereocenters. The van der Waals surface area contributed by atoms with Crippen LogP contribution in [0.1, 0.15) is 0 Å². The molecular formula is C9H8N2O5S. The lowest BCUT2D eigenvalue weighted by Crippen LogP contribution is -2.32. The van der Waals surface area contributed by atoms with Gasteiger partial charge in [0.1, 0.15) is 0 Å². The molecule has 7 nitrogen and oxygen atoms in total. The highest BCUT2D eigenvalue weighted by atomic mass is 32.2. The molecule has 1 aromatic heterocycles. The maximum absolute atomic E-state index is 11.7. The summed E-state index contributed by atoms with van der Waals surface area (Å²) in [6.07, 6.45) is 0. The molecule has 0 saturated heterocycles. The molecule has 0 saturated carbocycles. The molecule has 0 amide bonds. The quantitative estimate of drug-likeness (QED) is 0.667. The molecule has 8 heteroatoms. The second kappa shape index (κ2) is 3.54. The van der Waals surface area contributed by atoms with E-state index in [1.165, 1.54) is 13.1 Å². The zero-order valence-corrected chi connectivity index (χ0v) is 9.48. The summed E-state index contributed by atoms with van der Waals surface area (Å²) in [6.45, 7) is 0. The lowest BCUT2D eigenvalue weighted by atomic mass is 10.2. The maximum atomic E-state index is 11.7. The molecule has 0 fully saturated rings. The Morgan fingerprint density at radius 2 is 1.94 bits per heavy atom. The summed E-state index contributed by atoms with van der Waals surface area (Å²) in [5.41, 5.74) is -1.01. The van der Waals surface area contributed by atoms with Gasteiger partial charge in [-0.1, -0.05) is 0 Å². The van der Waals surface area contributed by atoms with Gasteiger partial charge in [0, 0.05) is 7.05 Å². The van der Waals surface area contributed by atoms with Crippen molar-refractivity contribution in [2.45, 2.75) is 4.90 Å². The van der Waals surface area contributed by atoms with Gasteiger partial charge in [-0.15, -0.1) is 0 Å². The van der Waals surface area contributed by atoms with Crippen molar-refractivity contribution in [1.82, 2.24) is 9.55 Å². The predicted molar refractivity (Wildman–Crippen MR) is 59.6 cm³/mol. The van der Waals surface area contributed by atoms with Crippen LogP contribution in [0.3, 0.4) is 0 Å². The number of nitrogens with zero attached hydrogens (tertiary/aromatic N) is 1. The molecule has 2 aromatic rings. The van der Waals surface area contributed by atoms with Crippen LogP contribution >= 0.6 is 0 Å². The van der Waals surface area contributed by atoms with E-state index in [4.69, 9.17) is 4.55 Å². The molecule has 0 spiro atoms. The first-order valence-electron chi connectivity index (χ1n) is 4.51. The number of rotatable bonds is 1. The molecule has 0 aliphatic carbocycles. The summed E-state index contributed by atoms with van der Waals surface area (Å²) in [6, 6.07) is 3.37. The molecule has 0 radical (unpaired) electrons. The van der Waals surface area contributed by atoms with Crippen molar-refractivity contribution in [1.29, 1.82) is 0 Å². The van der Waals surface area contributed by atoms with Crippen LogP contribution in [-0.4, -0.2) is 22.5 Å². The third-order valence-corrected chi connectivity index (χ3v) is 3.22. The number of aromatic amines is 1. The van der Waals surface area contributed by atoms with Gasteiger partial charge in [0.05, 0.1) is 15.8 Å². The molecule has 90 valence electrons. The molecule has 1 heterocycles. The van der Waals surface area contributed by atoms with Crippen molar-refractivity contribution in [3.63, 3.8) is 0 Å². The first-order valence-corrected chi connectivity index (χ1v) is 5.95. The van der Waals surface area contributed by atoms with E-state index >= 15 is 0 Å². The Hall–Kier alpha value is -1.93. The summed E-state index contributed by atoms with van der Waals surface area (Å²) in [5.74, 6) is 0. The molecule has 0 atom stereocenters. The standard InChI is InChI=1S/C9H8N2O5S/c1-11-8(12)6-4-5(17(14,15)16)2-3-7(6)10-9(11)13/h2-4H,1H3,(H,10,13)(H,14,15,16). The van der Waals surface area contributed by atoms with Crippen LogP contribution in [0.4, 0.5) is 0 Å². The normalized spacial score (nSPS) is 11.9. The maximum Gasteiger partial charge on any atom is 0.328 e. The zero-order valence-electron chi connectivity index (χ0n) is 8.67. The molecule has 0 bridgehead atoms. The number of benzene rings is 1. The van der Waals surface area contributed by atoms with Gasteiger partial charge in [-0.3, -0.25) is 13.9 Å². The first-order chi connectivity index (χ1) is 7.80. The van der Waals surface area contributed by atoms with Gasteiger partial charge in [0.15, 0.2) is 0 Å². The van der Waals surface area contributed by atoms with E-state index in [2.05, 4.69) is 4.98 Å². The fourth-order valence-electron chi connectivity index (χ4n) is 1.44. The van der Waals surface area contributed by atoms with Crippen LogP contribution in [0.5, 0.6) is 0 Å². The Balaban J connectivity index is 2.98. The van der Waals surface area contributed by atoms with Gasteiger partial charge in [-0.25, -0.2) is 4.79 Å². The topological polar surface area (TPSA) is 109 Å². The van der Waals surface area contributed by atoms with Crippen molar-refractivity contribution in [2.75, 3.05) is 0 Å². The minimum atomic E-state index is -4.37. The average molecular weight is 256 g/mol. The third-order valence-electron chi connectivity index (χ3n) is 2.37. The summed E-state index contributed by atoms with van der Waals surface area (Å²) in [4.78, 5) is 25.0. The van der Waals surface area contributed by atoms with Crippen molar-refractivity contribution >= 4 is 21.0 Å². The fraction of sp³-hybridized carbons (Fsp3) is 0.111. The molecule has 17 heavy (non-hydrogen) atoms. The Kier molecular flexibility index (Phi) is 2.40. The lowest BCUT2D eigenvalue weighted by Gasteiger charge is -2.02. The van der Waals surface area contributed by atoms with Crippen LogP contribution in [0.15, 0.2) is 32.7 Å². The van der Waals surface area contributed by atoms with E-state index < -0.39 is 26.3 Å². The Morgan fingerprint density at radius 1 is 1.29 bits per heavy atom. The van der Waals surface area contributed by atoms with Crippen molar-refractivity contribution in [3.8, 4) is 0 Å². The van der Waals surface area contributed by atoms with Crippen molar-refractivity contribution in [3.05, 3.63) is 39.0 Å². The van der Waals surface area contributed by atoms with Crippen LogP contribution in [-0.2, 0) is 17.2 Å². The summed E-state index contributed by atoms with van der Waals surface area (Å²) in [7, 11) is -3.11. The van der Waals surface area contributed by atoms with Gasteiger partial charge in [-0.2, -0.15) is 8.42 Å². The molecule has 2 N–H and O–H groups in total. The highest BCUT2D eigenvalue weighted by Crippen LogP contribution is 2.13. The number of H-pyrrole nitrogens is 1. The van der Waals surface area contributed by atoms with Crippen molar-refractivity contribution in [2.24, 2.45) is 7.05 Å². The number of fused-ring (bicyclic) bond motifs is 1. The smallest absolute Gasteiger partial charge is 0.307 e. The number of aromatic nitrogens is 2. The SMILES string of the molecule is Cn1c(=O)[nH]c2ccc(S(=O)(=O)O)cc2c1=O. The Bertz CT molecular complexity index is 815. The number of hydrogen-bond acceptors (Lipinski definition) is 4. The van der Waals surface area contributed by atoms with E-state index in [1.807, 2.05) is 0 Å². The Labute approximate surface area is 95.1 Å². The fourth-order valence-corrected chi connectivity index (χ4v) is 1.95. The van der Waals surface area contributed by atoms with Crippen LogP contribution in [0.2, 0.25) is 0 Å².